The average Bonchev–Trinajstić information content (AvgIpc) is 2.45. The lowest BCUT2D eigenvalue weighted by Crippen LogP contribution is -2.27. The molecule has 0 saturated heterocycles. The van der Waals surface area contributed by atoms with E-state index in [0.717, 1.165) is 0 Å². The fraction of sp³-hybridized carbons (Fsp3) is 0.353. The van der Waals surface area contributed by atoms with Crippen molar-refractivity contribution in [3.63, 3.8) is 0 Å². The smallest absolute Gasteiger partial charge is 0.412 e. The monoisotopic (exact) mass is 364 g/mol. The van der Waals surface area contributed by atoms with Gasteiger partial charge in [-0.1, -0.05) is 6.07 Å². The topological polar surface area (TPSA) is 96.4 Å². The van der Waals surface area contributed by atoms with Crippen molar-refractivity contribution in [1.82, 2.24) is 9.97 Å². The number of halogens is 1. The van der Waals surface area contributed by atoms with E-state index in [0.29, 0.717) is 22.8 Å². The lowest BCUT2D eigenvalue weighted by atomic mass is 10.2. The summed E-state index contributed by atoms with van der Waals surface area (Å²) in [5.41, 5.74) is 1.14. The first-order valence-electron chi connectivity index (χ1n) is 7.71. The fourth-order valence-electron chi connectivity index (χ4n) is 2.01. The van der Waals surface area contributed by atoms with E-state index in [4.69, 9.17) is 16.3 Å². The molecule has 1 atom stereocenters. The highest BCUT2D eigenvalue weighted by atomic mass is 35.5. The van der Waals surface area contributed by atoms with Crippen molar-refractivity contribution in [3.8, 4) is 0 Å². The largest absolute Gasteiger partial charge is 0.444 e. The van der Waals surface area contributed by atoms with Crippen molar-refractivity contribution in [3.05, 3.63) is 41.3 Å². The summed E-state index contributed by atoms with van der Waals surface area (Å²) in [5, 5.41) is 15.6. The van der Waals surface area contributed by atoms with Gasteiger partial charge in [-0.15, -0.1) is 0 Å². The van der Waals surface area contributed by atoms with Crippen LogP contribution in [0.3, 0.4) is 0 Å². The number of aliphatic hydroxyl groups is 1. The van der Waals surface area contributed by atoms with Crippen molar-refractivity contribution < 1.29 is 14.6 Å². The maximum atomic E-state index is 11.9. The predicted octanol–water partition coefficient (Wildman–Crippen LogP) is 4.27. The molecule has 0 aliphatic rings. The van der Waals surface area contributed by atoms with Crippen LogP contribution in [0.2, 0.25) is 5.28 Å². The van der Waals surface area contributed by atoms with Gasteiger partial charge in [-0.2, -0.15) is 0 Å². The van der Waals surface area contributed by atoms with E-state index in [1.165, 1.54) is 6.20 Å². The number of benzene rings is 1. The van der Waals surface area contributed by atoms with Crippen molar-refractivity contribution in [2.24, 2.45) is 0 Å². The predicted molar refractivity (Wildman–Crippen MR) is 97.3 cm³/mol. The van der Waals surface area contributed by atoms with Crippen LogP contribution < -0.4 is 10.6 Å². The first-order valence-corrected chi connectivity index (χ1v) is 8.09. The Morgan fingerprint density at radius 1 is 1.32 bits per heavy atom. The molecule has 0 radical (unpaired) electrons. The Hall–Kier alpha value is -2.38. The third-order valence-corrected chi connectivity index (χ3v) is 3.19. The SMILES string of the molecule is CC(O)c1cnc(Cl)nc1Nc1cccc(NC(=O)OC(C)(C)C)c1. The number of nitrogens with one attached hydrogen (secondary N) is 2. The average molecular weight is 365 g/mol. The molecule has 0 aliphatic carbocycles. The number of amides is 1. The van der Waals surface area contributed by atoms with Crippen LogP contribution >= 0.6 is 11.6 Å². The van der Waals surface area contributed by atoms with Crippen LogP contribution in [0.15, 0.2) is 30.5 Å². The lowest BCUT2D eigenvalue weighted by molar-refractivity contribution is 0.0636. The number of hydrogen-bond acceptors (Lipinski definition) is 6. The van der Waals surface area contributed by atoms with Crippen LogP contribution in [0.5, 0.6) is 0 Å². The third-order valence-electron chi connectivity index (χ3n) is 3.01. The molecule has 1 aromatic heterocycles. The van der Waals surface area contributed by atoms with E-state index in [-0.39, 0.29) is 5.28 Å². The Morgan fingerprint density at radius 3 is 2.64 bits per heavy atom. The van der Waals surface area contributed by atoms with Crippen LogP contribution in [0.1, 0.15) is 39.4 Å². The van der Waals surface area contributed by atoms with Gasteiger partial charge in [-0.25, -0.2) is 14.8 Å². The van der Waals surface area contributed by atoms with Gasteiger partial charge in [0, 0.05) is 23.1 Å². The number of nitrogens with zero attached hydrogens (tertiary/aromatic N) is 2. The molecule has 8 heteroatoms. The molecular weight excluding hydrogens is 344 g/mol. The molecule has 1 unspecified atom stereocenters. The van der Waals surface area contributed by atoms with E-state index in [1.54, 1.807) is 52.0 Å². The number of aromatic nitrogens is 2. The quantitative estimate of drug-likeness (QED) is 0.701. The maximum absolute atomic E-state index is 11.9. The van der Waals surface area contributed by atoms with Crippen molar-refractivity contribution in [1.29, 1.82) is 0 Å². The Labute approximate surface area is 151 Å². The minimum absolute atomic E-state index is 0.0648. The highest BCUT2D eigenvalue weighted by molar-refractivity contribution is 6.28. The minimum Gasteiger partial charge on any atom is -0.444 e. The van der Waals surface area contributed by atoms with Crippen molar-refractivity contribution >= 4 is 34.9 Å². The van der Waals surface area contributed by atoms with Crippen molar-refractivity contribution in [2.45, 2.75) is 39.4 Å². The van der Waals surface area contributed by atoms with Crippen LogP contribution in [-0.4, -0.2) is 26.8 Å². The van der Waals surface area contributed by atoms with Gasteiger partial charge in [0.2, 0.25) is 5.28 Å². The van der Waals surface area contributed by atoms with Gasteiger partial charge in [0.05, 0.1) is 6.10 Å². The van der Waals surface area contributed by atoms with Gasteiger partial charge in [-0.05, 0) is 57.5 Å². The molecule has 0 saturated carbocycles. The van der Waals surface area contributed by atoms with E-state index >= 15 is 0 Å². The summed E-state index contributed by atoms with van der Waals surface area (Å²) in [6.45, 7) is 6.99. The van der Waals surface area contributed by atoms with Crippen LogP contribution in [0, 0.1) is 0 Å². The van der Waals surface area contributed by atoms with Crippen LogP contribution in [0.4, 0.5) is 22.0 Å². The first kappa shape index (κ1) is 19.0. The number of carbonyl (C=O) groups is 1. The number of carbonyl (C=O) groups excluding carboxylic acids is 1. The molecule has 3 N–H and O–H groups in total. The van der Waals surface area contributed by atoms with Gasteiger partial charge in [0.25, 0.3) is 0 Å². The summed E-state index contributed by atoms with van der Waals surface area (Å²) < 4.78 is 5.22. The Morgan fingerprint density at radius 2 is 2.00 bits per heavy atom. The van der Waals surface area contributed by atoms with Gasteiger partial charge in [0.15, 0.2) is 0 Å². The number of hydrogen-bond donors (Lipinski definition) is 3. The summed E-state index contributed by atoms with van der Waals surface area (Å²) >= 11 is 5.83. The molecule has 2 aromatic rings. The Balaban J connectivity index is 2.17. The second-order valence-electron chi connectivity index (χ2n) is 6.45. The molecule has 0 aliphatic heterocycles. The second kappa shape index (κ2) is 7.67. The third kappa shape index (κ3) is 5.88. The normalized spacial score (nSPS) is 12.4. The van der Waals surface area contributed by atoms with E-state index in [2.05, 4.69) is 20.6 Å². The molecule has 0 spiro atoms. The Kier molecular flexibility index (Phi) is 5.81. The molecule has 1 amide bonds. The molecule has 25 heavy (non-hydrogen) atoms. The summed E-state index contributed by atoms with van der Waals surface area (Å²) in [5.74, 6) is 0.393. The molecule has 1 aromatic carbocycles. The van der Waals surface area contributed by atoms with Gasteiger partial charge >= 0.3 is 6.09 Å². The molecule has 0 fully saturated rings. The highest BCUT2D eigenvalue weighted by Crippen LogP contribution is 2.26. The standard InChI is InChI=1S/C17H21ClN4O3/c1-10(23)13-9-19-15(18)22-14(13)20-11-6-5-7-12(8-11)21-16(24)25-17(2,3)4/h5-10,23H,1-4H3,(H,21,24)(H,19,20,22). The number of anilines is 3. The maximum Gasteiger partial charge on any atom is 0.412 e. The van der Waals surface area contributed by atoms with Crippen LogP contribution in [0.25, 0.3) is 0 Å². The molecule has 2 rings (SSSR count). The zero-order chi connectivity index (χ0) is 18.6. The molecule has 7 nitrogen and oxygen atoms in total. The summed E-state index contributed by atoms with van der Waals surface area (Å²) in [7, 11) is 0. The minimum atomic E-state index is -0.761. The van der Waals surface area contributed by atoms with Gasteiger partial charge < -0.3 is 15.2 Å². The van der Waals surface area contributed by atoms with Gasteiger partial charge in [-0.3, -0.25) is 5.32 Å². The number of ether oxygens (including phenoxy) is 1. The van der Waals surface area contributed by atoms with E-state index in [9.17, 15) is 9.90 Å². The fourth-order valence-corrected chi connectivity index (χ4v) is 2.14. The summed E-state index contributed by atoms with van der Waals surface area (Å²) in [6, 6.07) is 7.01. The van der Waals surface area contributed by atoms with Crippen LogP contribution in [-0.2, 0) is 4.74 Å². The summed E-state index contributed by atoms with van der Waals surface area (Å²) in [4.78, 5) is 19.8. The molecule has 1 heterocycles. The molecular formula is C17H21ClN4O3. The zero-order valence-corrected chi connectivity index (χ0v) is 15.3. The van der Waals surface area contributed by atoms with E-state index in [1.807, 2.05) is 0 Å². The van der Waals surface area contributed by atoms with Gasteiger partial charge in [0.1, 0.15) is 11.4 Å². The Bertz CT molecular complexity index is 760. The number of rotatable bonds is 4. The zero-order valence-electron chi connectivity index (χ0n) is 14.5. The molecule has 134 valence electrons. The van der Waals surface area contributed by atoms with E-state index < -0.39 is 17.8 Å². The molecule has 0 bridgehead atoms. The lowest BCUT2D eigenvalue weighted by Gasteiger charge is -2.20. The summed E-state index contributed by atoms with van der Waals surface area (Å²) in [6.07, 6.45) is 0.160. The first-order chi connectivity index (χ1) is 11.6. The van der Waals surface area contributed by atoms with Crippen molar-refractivity contribution in [2.75, 3.05) is 10.6 Å². The number of aliphatic hydroxyl groups excluding tert-OH is 1. The second-order valence-corrected chi connectivity index (χ2v) is 6.79. The highest BCUT2D eigenvalue weighted by Gasteiger charge is 2.16.